The Bertz CT molecular complexity index is 826. The number of hydrogen-bond acceptors (Lipinski definition) is 2. The number of carbonyl (C=O) groups is 2. The van der Waals surface area contributed by atoms with Crippen molar-refractivity contribution < 1.29 is 9.59 Å². The van der Waals surface area contributed by atoms with E-state index >= 15 is 0 Å². The number of benzene rings is 2. The Hall–Kier alpha value is -2.62. The summed E-state index contributed by atoms with van der Waals surface area (Å²) in [6.07, 6.45) is 7.26. The Balaban J connectivity index is 1.55. The first-order valence-electron chi connectivity index (χ1n) is 9.99. The maximum absolute atomic E-state index is 13.0. The van der Waals surface area contributed by atoms with Crippen molar-refractivity contribution in [3.05, 3.63) is 65.2 Å². The molecule has 2 aliphatic rings. The lowest BCUT2D eigenvalue weighted by molar-refractivity contribution is -0.116. The standard InChI is InChI=1S/C23H26N2O2/c26-21-14-12-18-15-19(11-13-20(18)24-21)23(27)25-22(16-7-3-1-4-8-16)17-9-5-2-6-10-17/h1,3-4,7-8,11,13,15,17,22H,2,5-6,9-10,12,14H2,(H,24,26)(H,25,27). The molecule has 0 radical (unpaired) electrons. The van der Waals surface area contributed by atoms with Gasteiger partial charge in [-0.15, -0.1) is 0 Å². The third-order valence-corrected chi connectivity index (χ3v) is 5.83. The van der Waals surface area contributed by atoms with Crippen LogP contribution in [0.3, 0.4) is 0 Å². The van der Waals surface area contributed by atoms with Gasteiger partial charge >= 0.3 is 0 Å². The monoisotopic (exact) mass is 362 g/mol. The highest BCUT2D eigenvalue weighted by atomic mass is 16.2. The van der Waals surface area contributed by atoms with Crippen LogP contribution >= 0.6 is 0 Å². The molecule has 2 amide bonds. The van der Waals surface area contributed by atoms with E-state index in [1.807, 2.05) is 36.4 Å². The average molecular weight is 362 g/mol. The normalized spacial score (nSPS) is 18.3. The molecule has 1 aliphatic heterocycles. The maximum Gasteiger partial charge on any atom is 0.251 e. The molecule has 0 bridgehead atoms. The summed E-state index contributed by atoms with van der Waals surface area (Å²) in [6, 6.07) is 16.0. The molecule has 4 heteroatoms. The van der Waals surface area contributed by atoms with Gasteiger partial charge in [0.2, 0.25) is 5.91 Å². The van der Waals surface area contributed by atoms with Gasteiger partial charge in [-0.3, -0.25) is 9.59 Å². The fourth-order valence-corrected chi connectivity index (χ4v) is 4.35. The first kappa shape index (κ1) is 17.8. The number of rotatable bonds is 4. The van der Waals surface area contributed by atoms with Crippen LogP contribution in [0.4, 0.5) is 5.69 Å². The van der Waals surface area contributed by atoms with Gasteiger partial charge in [0.15, 0.2) is 0 Å². The highest BCUT2D eigenvalue weighted by Gasteiger charge is 2.27. The van der Waals surface area contributed by atoms with Crippen LogP contribution in [-0.2, 0) is 11.2 Å². The minimum absolute atomic E-state index is 0.0332. The minimum Gasteiger partial charge on any atom is -0.345 e. The smallest absolute Gasteiger partial charge is 0.251 e. The van der Waals surface area contributed by atoms with Gasteiger partial charge in [-0.25, -0.2) is 0 Å². The number of hydrogen-bond donors (Lipinski definition) is 2. The van der Waals surface area contributed by atoms with Crippen molar-refractivity contribution in [2.24, 2.45) is 5.92 Å². The zero-order valence-electron chi connectivity index (χ0n) is 15.5. The minimum atomic E-state index is -0.0332. The highest BCUT2D eigenvalue weighted by Crippen LogP contribution is 2.35. The summed E-state index contributed by atoms with van der Waals surface area (Å²) in [5.41, 5.74) is 3.72. The number of carbonyl (C=O) groups excluding carboxylic acids is 2. The summed E-state index contributed by atoms with van der Waals surface area (Å²) in [6.45, 7) is 0. The van der Waals surface area contributed by atoms with Crippen LogP contribution in [0.5, 0.6) is 0 Å². The largest absolute Gasteiger partial charge is 0.345 e. The summed E-state index contributed by atoms with van der Waals surface area (Å²) in [5.74, 6) is 0.497. The molecule has 1 fully saturated rings. The molecule has 1 heterocycles. The molecular weight excluding hydrogens is 336 g/mol. The van der Waals surface area contributed by atoms with E-state index in [1.165, 1.54) is 24.8 Å². The molecule has 2 aromatic carbocycles. The lowest BCUT2D eigenvalue weighted by Crippen LogP contribution is -2.34. The molecule has 140 valence electrons. The molecule has 1 saturated carbocycles. The topological polar surface area (TPSA) is 58.2 Å². The van der Waals surface area contributed by atoms with E-state index in [0.29, 0.717) is 24.3 Å². The molecular formula is C23H26N2O2. The Morgan fingerprint density at radius 1 is 1.00 bits per heavy atom. The van der Waals surface area contributed by atoms with Gasteiger partial charge in [0, 0.05) is 17.7 Å². The second kappa shape index (κ2) is 7.95. The molecule has 1 aliphatic carbocycles. The third-order valence-electron chi connectivity index (χ3n) is 5.83. The first-order valence-corrected chi connectivity index (χ1v) is 9.99. The maximum atomic E-state index is 13.0. The number of amides is 2. The van der Waals surface area contributed by atoms with Crippen LogP contribution in [0.1, 0.15) is 66.1 Å². The molecule has 2 N–H and O–H groups in total. The molecule has 2 aromatic rings. The summed E-state index contributed by atoms with van der Waals surface area (Å²) in [5, 5.41) is 6.18. The van der Waals surface area contributed by atoms with Crippen molar-refractivity contribution in [3.63, 3.8) is 0 Å². The fraction of sp³-hybridized carbons (Fsp3) is 0.391. The average Bonchev–Trinajstić information content (AvgIpc) is 2.72. The molecule has 4 rings (SSSR count). The summed E-state index contributed by atoms with van der Waals surface area (Å²) < 4.78 is 0. The highest BCUT2D eigenvalue weighted by molar-refractivity contribution is 5.98. The van der Waals surface area contributed by atoms with Gasteiger partial charge in [0.1, 0.15) is 0 Å². The Morgan fingerprint density at radius 3 is 2.56 bits per heavy atom. The molecule has 1 unspecified atom stereocenters. The van der Waals surface area contributed by atoms with E-state index < -0.39 is 0 Å². The van der Waals surface area contributed by atoms with Crippen LogP contribution in [0, 0.1) is 5.92 Å². The van der Waals surface area contributed by atoms with Crippen LogP contribution in [-0.4, -0.2) is 11.8 Å². The van der Waals surface area contributed by atoms with Crippen molar-refractivity contribution in [3.8, 4) is 0 Å². The van der Waals surface area contributed by atoms with E-state index in [1.54, 1.807) is 0 Å². The van der Waals surface area contributed by atoms with E-state index in [9.17, 15) is 9.59 Å². The van der Waals surface area contributed by atoms with Gasteiger partial charge in [-0.05, 0) is 54.5 Å². The van der Waals surface area contributed by atoms with Crippen molar-refractivity contribution in [2.75, 3.05) is 5.32 Å². The van der Waals surface area contributed by atoms with Gasteiger partial charge in [0.25, 0.3) is 5.91 Å². The van der Waals surface area contributed by atoms with Gasteiger partial charge in [-0.2, -0.15) is 0 Å². The predicted molar refractivity (Wildman–Crippen MR) is 107 cm³/mol. The number of aryl methyl sites for hydroxylation is 1. The third kappa shape index (κ3) is 4.05. The number of anilines is 1. The van der Waals surface area contributed by atoms with Crippen molar-refractivity contribution in [1.82, 2.24) is 5.32 Å². The van der Waals surface area contributed by atoms with E-state index in [0.717, 1.165) is 24.1 Å². The Kier molecular flexibility index (Phi) is 5.23. The second-order valence-electron chi connectivity index (χ2n) is 7.68. The molecule has 0 spiro atoms. The zero-order valence-corrected chi connectivity index (χ0v) is 15.5. The Morgan fingerprint density at radius 2 is 1.78 bits per heavy atom. The fourth-order valence-electron chi connectivity index (χ4n) is 4.35. The number of fused-ring (bicyclic) bond motifs is 1. The SMILES string of the molecule is O=C1CCc2cc(C(=O)NC(c3ccccc3)C3CCCCC3)ccc2N1. The number of nitrogens with one attached hydrogen (secondary N) is 2. The lowest BCUT2D eigenvalue weighted by atomic mass is 9.81. The van der Waals surface area contributed by atoms with E-state index in [2.05, 4.69) is 22.8 Å². The van der Waals surface area contributed by atoms with Crippen molar-refractivity contribution >= 4 is 17.5 Å². The zero-order chi connectivity index (χ0) is 18.6. The van der Waals surface area contributed by atoms with Gasteiger partial charge < -0.3 is 10.6 Å². The summed E-state index contributed by atoms with van der Waals surface area (Å²) in [4.78, 5) is 24.6. The Labute approximate surface area is 160 Å². The van der Waals surface area contributed by atoms with E-state index in [-0.39, 0.29) is 17.9 Å². The summed E-state index contributed by atoms with van der Waals surface area (Å²) in [7, 11) is 0. The molecule has 1 atom stereocenters. The predicted octanol–water partition coefficient (Wildman–Crippen LogP) is 4.62. The first-order chi connectivity index (χ1) is 13.2. The molecule has 0 aromatic heterocycles. The molecule has 27 heavy (non-hydrogen) atoms. The van der Waals surface area contributed by atoms with Crippen molar-refractivity contribution in [1.29, 1.82) is 0 Å². The van der Waals surface area contributed by atoms with Crippen molar-refractivity contribution in [2.45, 2.75) is 51.0 Å². The summed E-state index contributed by atoms with van der Waals surface area (Å²) >= 11 is 0. The van der Waals surface area contributed by atoms with Gasteiger partial charge in [-0.1, -0.05) is 49.6 Å². The van der Waals surface area contributed by atoms with Crippen LogP contribution in [0.25, 0.3) is 0 Å². The quantitative estimate of drug-likeness (QED) is 0.833. The lowest BCUT2D eigenvalue weighted by Gasteiger charge is -2.31. The van der Waals surface area contributed by atoms with Crippen LogP contribution in [0.2, 0.25) is 0 Å². The van der Waals surface area contributed by atoms with Gasteiger partial charge in [0.05, 0.1) is 6.04 Å². The van der Waals surface area contributed by atoms with E-state index in [4.69, 9.17) is 0 Å². The molecule has 4 nitrogen and oxygen atoms in total. The van der Waals surface area contributed by atoms with Crippen LogP contribution < -0.4 is 10.6 Å². The second-order valence-corrected chi connectivity index (χ2v) is 7.68. The van der Waals surface area contributed by atoms with Crippen LogP contribution in [0.15, 0.2) is 48.5 Å². The molecule has 0 saturated heterocycles.